The zero-order valence-electron chi connectivity index (χ0n) is 51.9. The van der Waals surface area contributed by atoms with Crippen molar-refractivity contribution in [2.24, 2.45) is 0 Å². The van der Waals surface area contributed by atoms with Crippen LogP contribution in [0.25, 0.3) is 0 Å². The van der Waals surface area contributed by atoms with E-state index in [4.69, 9.17) is 0 Å². The van der Waals surface area contributed by atoms with Gasteiger partial charge in [-0.25, -0.2) is 0 Å². The van der Waals surface area contributed by atoms with E-state index in [1.807, 2.05) is 0 Å². The molecule has 0 saturated heterocycles. The minimum absolute atomic E-state index is 0.0633. The molecule has 0 saturated carbocycles. The first kappa shape index (κ1) is 75.6. The Morgan fingerprint density at radius 2 is 0.434 bits per heavy atom. The standard InChI is InChI=1S/C37H68O.C37H66O/c2*1-3-5-7-9-11-13-15-17-19-21-23-25-27-29-31-33-35-37(38)36-34-32-30-28-26-24-22-20-18-16-14-12-10-8-6-4-2/h11-14,17-20,37-38H,3-10,15-16,21-36H2,1-2H3;11-14,17-20H,3-10,15-16,21-36H2,1-2H3/b2*13-11-,14-12-,19-17-,20-18-. The Labute approximate surface area is 478 Å². The van der Waals surface area contributed by atoms with E-state index in [2.05, 4.69) is 125 Å². The monoisotopic (exact) mass is 1060 g/mol. The second kappa shape index (κ2) is 72.5. The van der Waals surface area contributed by atoms with E-state index >= 15 is 0 Å². The summed E-state index contributed by atoms with van der Waals surface area (Å²) in [6, 6.07) is 0. The second-order valence-corrected chi connectivity index (χ2v) is 22.6. The smallest absolute Gasteiger partial charge is 0.132 e. The van der Waals surface area contributed by atoms with Crippen LogP contribution in [0.5, 0.6) is 0 Å². The first-order valence-corrected chi connectivity index (χ1v) is 34.0. The van der Waals surface area contributed by atoms with Crippen molar-refractivity contribution in [3.05, 3.63) is 97.2 Å². The van der Waals surface area contributed by atoms with Gasteiger partial charge in [0.1, 0.15) is 5.78 Å². The van der Waals surface area contributed by atoms with Gasteiger partial charge in [0.15, 0.2) is 0 Å². The van der Waals surface area contributed by atoms with E-state index in [0.29, 0.717) is 5.78 Å². The summed E-state index contributed by atoms with van der Waals surface area (Å²) < 4.78 is 0. The molecule has 0 amide bonds. The molecular formula is C74H134O2. The third-order valence-electron chi connectivity index (χ3n) is 14.8. The summed E-state index contributed by atoms with van der Waals surface area (Å²) in [5.74, 6) is 0.499. The molecule has 76 heavy (non-hydrogen) atoms. The van der Waals surface area contributed by atoms with Crippen LogP contribution in [0, 0.1) is 0 Å². The van der Waals surface area contributed by atoms with E-state index < -0.39 is 0 Å². The van der Waals surface area contributed by atoms with Crippen molar-refractivity contribution in [3.8, 4) is 0 Å². The third kappa shape index (κ3) is 73.6. The predicted molar refractivity (Wildman–Crippen MR) is 347 cm³/mol. The van der Waals surface area contributed by atoms with Crippen molar-refractivity contribution in [3.63, 3.8) is 0 Å². The summed E-state index contributed by atoms with van der Waals surface area (Å²) in [6.45, 7) is 9.04. The maximum atomic E-state index is 12.1. The molecule has 442 valence electrons. The highest BCUT2D eigenvalue weighted by Gasteiger charge is 2.05. The van der Waals surface area contributed by atoms with E-state index in [9.17, 15) is 9.90 Å². The number of carbonyl (C=O) groups is 1. The van der Waals surface area contributed by atoms with Gasteiger partial charge in [0, 0.05) is 12.8 Å². The average molecular weight is 1060 g/mol. The van der Waals surface area contributed by atoms with Gasteiger partial charge >= 0.3 is 0 Å². The fraction of sp³-hybridized carbons (Fsp3) is 0.770. The SMILES string of the molecule is CCCCC/C=C\C/C=C\CCCCCCCCC(=O)CCCCCCCC/C=C\C/C=C\CCCCC.CCCCC/C=C\C/C=C\CCCCCCCCC(O)CCCCCCCC/C=C\C/C=C\CCCCC. The van der Waals surface area contributed by atoms with Gasteiger partial charge < -0.3 is 5.11 Å². The van der Waals surface area contributed by atoms with Crippen LogP contribution in [0.15, 0.2) is 97.2 Å². The number of carbonyl (C=O) groups excluding carboxylic acids is 1. The topological polar surface area (TPSA) is 37.3 Å². The normalized spacial score (nSPS) is 12.4. The Balaban J connectivity index is 0. The molecule has 0 unspecified atom stereocenters. The lowest BCUT2D eigenvalue weighted by Crippen LogP contribution is -2.05. The number of aliphatic hydroxyl groups excluding tert-OH is 1. The number of Topliss-reactive ketones (excluding diaryl/α,β-unsaturated/α-hetero) is 1. The molecule has 0 fully saturated rings. The maximum Gasteiger partial charge on any atom is 0.132 e. The Hall–Kier alpha value is -2.45. The minimum Gasteiger partial charge on any atom is -0.393 e. The summed E-state index contributed by atoms with van der Waals surface area (Å²) in [7, 11) is 0. The van der Waals surface area contributed by atoms with Crippen LogP contribution in [0.4, 0.5) is 0 Å². The third-order valence-corrected chi connectivity index (χ3v) is 14.8. The van der Waals surface area contributed by atoms with Crippen molar-refractivity contribution in [2.45, 2.75) is 368 Å². The van der Waals surface area contributed by atoms with Crippen molar-refractivity contribution in [1.29, 1.82) is 0 Å². The van der Waals surface area contributed by atoms with Crippen molar-refractivity contribution in [2.75, 3.05) is 0 Å². The number of unbranched alkanes of at least 4 members (excludes halogenated alkanes) is 36. The lowest BCUT2D eigenvalue weighted by Gasteiger charge is -2.10. The molecule has 0 bridgehead atoms. The number of aliphatic hydroxyl groups is 1. The average Bonchev–Trinajstić information content (AvgIpc) is 3.42. The Morgan fingerprint density at radius 3 is 0.658 bits per heavy atom. The number of rotatable bonds is 60. The summed E-state index contributed by atoms with van der Waals surface area (Å²) in [4.78, 5) is 12.1. The number of hydrogen-bond acceptors (Lipinski definition) is 2. The molecule has 0 atom stereocenters. The van der Waals surface area contributed by atoms with Crippen LogP contribution in [0.2, 0.25) is 0 Å². The van der Waals surface area contributed by atoms with Gasteiger partial charge in [-0.3, -0.25) is 4.79 Å². The first-order chi connectivity index (χ1) is 37.6. The molecule has 0 radical (unpaired) electrons. The van der Waals surface area contributed by atoms with Gasteiger partial charge in [0.05, 0.1) is 6.10 Å². The van der Waals surface area contributed by atoms with Crippen molar-refractivity contribution >= 4 is 5.78 Å². The van der Waals surface area contributed by atoms with Crippen LogP contribution in [-0.4, -0.2) is 17.0 Å². The molecular weight excluding hydrogens is 921 g/mol. The molecule has 2 nitrogen and oxygen atoms in total. The Morgan fingerprint density at radius 1 is 0.250 bits per heavy atom. The molecule has 0 aliphatic carbocycles. The summed E-state index contributed by atoms with van der Waals surface area (Å²) in [6.07, 6.45) is 102. The lowest BCUT2D eigenvalue weighted by molar-refractivity contribution is -0.119. The predicted octanol–water partition coefficient (Wildman–Crippen LogP) is 25.7. The highest BCUT2D eigenvalue weighted by atomic mass is 16.3. The highest BCUT2D eigenvalue weighted by molar-refractivity contribution is 5.78. The molecule has 0 aromatic rings. The van der Waals surface area contributed by atoms with Gasteiger partial charge in [-0.1, -0.05) is 292 Å². The van der Waals surface area contributed by atoms with Crippen LogP contribution < -0.4 is 0 Å². The first-order valence-electron chi connectivity index (χ1n) is 34.0. The molecule has 0 aliphatic heterocycles. The van der Waals surface area contributed by atoms with E-state index in [-0.39, 0.29) is 6.10 Å². The number of allylic oxidation sites excluding steroid dienone is 16. The zero-order chi connectivity index (χ0) is 55.2. The lowest BCUT2D eigenvalue weighted by atomic mass is 10.0. The van der Waals surface area contributed by atoms with Crippen molar-refractivity contribution in [1.82, 2.24) is 0 Å². The summed E-state index contributed by atoms with van der Waals surface area (Å²) >= 11 is 0. The van der Waals surface area contributed by atoms with Gasteiger partial charge in [-0.15, -0.1) is 0 Å². The Bertz CT molecular complexity index is 1220. The van der Waals surface area contributed by atoms with Crippen LogP contribution >= 0.6 is 0 Å². The maximum absolute atomic E-state index is 12.1. The van der Waals surface area contributed by atoms with E-state index in [0.717, 1.165) is 64.2 Å². The molecule has 0 heterocycles. The summed E-state index contributed by atoms with van der Waals surface area (Å²) in [5.41, 5.74) is 0. The Kier molecular flexibility index (Phi) is 72.2. The van der Waals surface area contributed by atoms with Gasteiger partial charge in [-0.05, 0) is 154 Å². The molecule has 2 heteroatoms. The van der Waals surface area contributed by atoms with E-state index in [1.54, 1.807) is 0 Å². The van der Waals surface area contributed by atoms with Crippen LogP contribution in [-0.2, 0) is 4.79 Å². The molecule has 0 rings (SSSR count). The quantitative estimate of drug-likeness (QED) is 0.0487. The van der Waals surface area contributed by atoms with Crippen LogP contribution in [0.1, 0.15) is 362 Å². The fourth-order valence-corrected chi connectivity index (χ4v) is 9.63. The van der Waals surface area contributed by atoms with Crippen LogP contribution in [0.3, 0.4) is 0 Å². The molecule has 0 aromatic carbocycles. The van der Waals surface area contributed by atoms with Crippen molar-refractivity contribution < 1.29 is 9.90 Å². The molecule has 0 spiro atoms. The number of ketones is 1. The largest absolute Gasteiger partial charge is 0.393 e. The molecule has 1 N–H and O–H groups in total. The number of hydrogen-bond donors (Lipinski definition) is 1. The zero-order valence-corrected chi connectivity index (χ0v) is 51.9. The second-order valence-electron chi connectivity index (χ2n) is 22.6. The van der Waals surface area contributed by atoms with E-state index in [1.165, 1.54) is 270 Å². The highest BCUT2D eigenvalue weighted by Crippen LogP contribution is 2.17. The van der Waals surface area contributed by atoms with Gasteiger partial charge in [-0.2, -0.15) is 0 Å². The fourth-order valence-electron chi connectivity index (χ4n) is 9.63. The van der Waals surface area contributed by atoms with Gasteiger partial charge in [0.2, 0.25) is 0 Å². The van der Waals surface area contributed by atoms with Gasteiger partial charge in [0.25, 0.3) is 0 Å². The molecule has 0 aromatic heterocycles. The minimum atomic E-state index is -0.0633. The summed E-state index contributed by atoms with van der Waals surface area (Å²) in [5, 5.41) is 10.3. The molecule has 0 aliphatic rings.